The van der Waals surface area contributed by atoms with Gasteiger partial charge in [-0.25, -0.2) is 4.98 Å². The number of rotatable bonds is 7. The Morgan fingerprint density at radius 1 is 1.22 bits per heavy atom. The van der Waals surface area contributed by atoms with Crippen molar-refractivity contribution in [3.05, 3.63) is 45.5 Å². The van der Waals surface area contributed by atoms with Gasteiger partial charge in [0.2, 0.25) is 0 Å². The highest BCUT2D eigenvalue weighted by Gasteiger charge is 2.29. The van der Waals surface area contributed by atoms with Gasteiger partial charge in [-0.1, -0.05) is 6.07 Å². The third kappa shape index (κ3) is 6.08. The maximum absolute atomic E-state index is 12.9. The van der Waals surface area contributed by atoms with Crippen LogP contribution in [-0.4, -0.2) is 50.9 Å². The smallest absolute Gasteiger partial charge is 0.349 e. The molecule has 0 unspecified atom stereocenters. The number of carbonyl (C=O) groups excluding carboxylic acids is 1. The van der Waals surface area contributed by atoms with E-state index in [-0.39, 0.29) is 18.4 Å². The number of halogens is 3. The van der Waals surface area contributed by atoms with Crippen LogP contribution < -0.4 is 5.32 Å². The van der Waals surface area contributed by atoms with E-state index in [1.54, 1.807) is 4.68 Å². The first-order valence-electron chi connectivity index (χ1n) is 12.7. The van der Waals surface area contributed by atoms with Crippen LogP contribution in [0.5, 0.6) is 0 Å². The minimum Gasteiger partial charge on any atom is -0.349 e. The van der Waals surface area contributed by atoms with Crippen LogP contribution in [0.3, 0.4) is 0 Å². The van der Waals surface area contributed by atoms with E-state index in [0.29, 0.717) is 16.5 Å². The van der Waals surface area contributed by atoms with Crippen molar-refractivity contribution in [2.75, 3.05) is 13.1 Å². The van der Waals surface area contributed by atoms with E-state index in [1.807, 2.05) is 31.4 Å². The van der Waals surface area contributed by atoms with Crippen LogP contribution in [0.15, 0.2) is 24.4 Å². The molecule has 5 rings (SSSR count). The van der Waals surface area contributed by atoms with Crippen LogP contribution in [0.25, 0.3) is 10.9 Å². The summed E-state index contributed by atoms with van der Waals surface area (Å²) in [6.45, 7) is 2.67. The van der Waals surface area contributed by atoms with Crippen LogP contribution in [0.2, 0.25) is 0 Å². The second-order valence-electron chi connectivity index (χ2n) is 10.1. The molecule has 0 radical (unpaired) electrons. The predicted molar refractivity (Wildman–Crippen MR) is 134 cm³/mol. The number of alkyl halides is 3. The number of fused-ring (bicyclic) bond motifs is 2. The van der Waals surface area contributed by atoms with Crippen LogP contribution in [0.4, 0.5) is 13.2 Å². The fourth-order valence-corrected chi connectivity index (χ4v) is 6.50. The highest BCUT2D eigenvalue weighted by molar-refractivity contribution is 7.11. The largest absolute Gasteiger partial charge is 0.389 e. The van der Waals surface area contributed by atoms with Gasteiger partial charge in [-0.15, -0.1) is 11.3 Å². The minimum absolute atomic E-state index is 0.0155. The van der Waals surface area contributed by atoms with Crippen molar-refractivity contribution in [2.24, 2.45) is 13.0 Å². The number of hydrogen-bond donors (Lipinski definition) is 1. The Hall–Kier alpha value is -2.46. The number of carbonyl (C=O) groups is 1. The predicted octanol–water partition coefficient (Wildman–Crippen LogP) is 5.26. The van der Waals surface area contributed by atoms with Crippen LogP contribution in [0.1, 0.15) is 64.5 Å². The molecule has 0 saturated heterocycles. The zero-order valence-corrected chi connectivity index (χ0v) is 21.3. The normalized spacial score (nSPS) is 21.0. The molecule has 2 aromatic heterocycles. The quantitative estimate of drug-likeness (QED) is 0.463. The number of amides is 1. The number of benzene rings is 1. The zero-order valence-electron chi connectivity index (χ0n) is 20.5. The highest BCUT2D eigenvalue weighted by atomic mass is 32.1. The lowest BCUT2D eigenvalue weighted by Crippen LogP contribution is -2.38. The summed E-state index contributed by atoms with van der Waals surface area (Å²) in [5, 5.41) is 9.11. The first kappa shape index (κ1) is 25.2. The summed E-state index contributed by atoms with van der Waals surface area (Å²) in [5.74, 6) is 0.609. The van der Waals surface area contributed by atoms with Gasteiger partial charge in [0.1, 0.15) is 0 Å². The summed E-state index contributed by atoms with van der Waals surface area (Å²) < 4.78 is 39.3. The van der Waals surface area contributed by atoms with Gasteiger partial charge in [-0.2, -0.15) is 18.3 Å². The van der Waals surface area contributed by atoms with Gasteiger partial charge in [0.05, 0.1) is 21.8 Å². The molecule has 1 aliphatic heterocycles. The third-order valence-corrected chi connectivity index (χ3v) is 8.64. The molecule has 1 N–H and O–H groups in total. The molecule has 1 aromatic carbocycles. The molecule has 1 fully saturated rings. The molecule has 6 nitrogen and oxygen atoms in total. The van der Waals surface area contributed by atoms with E-state index in [9.17, 15) is 18.0 Å². The summed E-state index contributed by atoms with van der Waals surface area (Å²) in [6, 6.07) is 5.85. The van der Waals surface area contributed by atoms with Gasteiger partial charge in [0, 0.05) is 55.5 Å². The number of nitrogens with zero attached hydrogens (tertiary/aromatic N) is 4. The van der Waals surface area contributed by atoms with Gasteiger partial charge >= 0.3 is 6.18 Å². The van der Waals surface area contributed by atoms with Crippen molar-refractivity contribution < 1.29 is 18.0 Å². The standard InChI is InChI=1S/C26H32F3N5OS/c1-33-15-20-19(3-2-4-21(20)32-33)25(35)30-18-7-5-17(6-8-18)10-13-34-14-11-23-22(16-34)31-24(36-23)9-12-26(27,28)29/h2-4,15,17-18H,5-14,16H2,1H3,(H,30,35). The Kier molecular flexibility index (Phi) is 7.35. The van der Waals surface area contributed by atoms with Gasteiger partial charge in [-0.05, 0) is 63.1 Å². The summed E-state index contributed by atoms with van der Waals surface area (Å²) in [5.41, 5.74) is 2.48. The lowest BCUT2D eigenvalue weighted by Gasteiger charge is -2.32. The van der Waals surface area contributed by atoms with Crippen molar-refractivity contribution in [1.82, 2.24) is 25.0 Å². The molecule has 1 aliphatic carbocycles. The molecule has 0 atom stereocenters. The molecule has 36 heavy (non-hydrogen) atoms. The van der Waals surface area contributed by atoms with Crippen LogP contribution in [-0.2, 0) is 26.4 Å². The van der Waals surface area contributed by atoms with Gasteiger partial charge in [0.25, 0.3) is 5.91 Å². The average Bonchev–Trinajstić information content (AvgIpc) is 3.43. The second kappa shape index (κ2) is 10.5. The van der Waals surface area contributed by atoms with Crippen molar-refractivity contribution in [3.8, 4) is 0 Å². The second-order valence-corrected chi connectivity index (χ2v) is 11.3. The molecule has 0 spiro atoms. The molecule has 3 heterocycles. The molecule has 3 aromatic rings. The fraction of sp³-hybridized carbons (Fsp3) is 0.577. The highest BCUT2D eigenvalue weighted by Crippen LogP contribution is 2.31. The lowest BCUT2D eigenvalue weighted by atomic mass is 9.84. The molecule has 10 heteroatoms. The van der Waals surface area contributed by atoms with E-state index in [2.05, 4.69) is 20.3 Å². The van der Waals surface area contributed by atoms with Crippen LogP contribution >= 0.6 is 11.3 Å². The Morgan fingerprint density at radius 2 is 2.03 bits per heavy atom. The van der Waals surface area contributed by atoms with E-state index in [1.165, 1.54) is 11.3 Å². The van der Waals surface area contributed by atoms with Crippen molar-refractivity contribution in [2.45, 2.75) is 70.1 Å². The van der Waals surface area contributed by atoms with Crippen molar-refractivity contribution >= 4 is 28.1 Å². The zero-order chi connectivity index (χ0) is 25.3. The van der Waals surface area contributed by atoms with E-state index in [4.69, 9.17) is 0 Å². The topological polar surface area (TPSA) is 63.1 Å². The van der Waals surface area contributed by atoms with Crippen molar-refractivity contribution in [3.63, 3.8) is 0 Å². The lowest BCUT2D eigenvalue weighted by molar-refractivity contribution is -0.134. The Morgan fingerprint density at radius 3 is 2.81 bits per heavy atom. The Labute approximate surface area is 212 Å². The maximum Gasteiger partial charge on any atom is 0.389 e. The molecular formula is C26H32F3N5OS. The Bertz CT molecular complexity index is 1210. The summed E-state index contributed by atoms with van der Waals surface area (Å²) in [6.07, 6.45) is 3.09. The minimum atomic E-state index is -4.13. The molecule has 2 aliphatic rings. The summed E-state index contributed by atoms with van der Waals surface area (Å²) >= 11 is 1.45. The van der Waals surface area contributed by atoms with Crippen LogP contribution in [0, 0.1) is 5.92 Å². The number of thiazole rings is 1. The van der Waals surface area contributed by atoms with E-state index < -0.39 is 12.6 Å². The summed E-state index contributed by atoms with van der Waals surface area (Å²) in [7, 11) is 1.86. The number of nitrogens with one attached hydrogen (secondary N) is 1. The molecule has 1 saturated carbocycles. The molecule has 0 bridgehead atoms. The third-order valence-electron chi connectivity index (χ3n) is 7.42. The maximum atomic E-state index is 12.9. The average molecular weight is 520 g/mol. The SMILES string of the molecule is Cn1cc2c(C(=O)NC3CCC(CCN4CCc5sc(CCC(F)(F)F)nc5C4)CC3)cccc2n1. The van der Waals surface area contributed by atoms with E-state index >= 15 is 0 Å². The fourth-order valence-electron chi connectivity index (χ4n) is 5.44. The first-order chi connectivity index (χ1) is 17.2. The van der Waals surface area contributed by atoms with Crippen molar-refractivity contribution in [1.29, 1.82) is 0 Å². The molecular weight excluding hydrogens is 487 g/mol. The van der Waals surface area contributed by atoms with Gasteiger partial charge < -0.3 is 5.32 Å². The Balaban J connectivity index is 1.06. The van der Waals surface area contributed by atoms with Gasteiger partial charge in [-0.3, -0.25) is 14.4 Å². The van der Waals surface area contributed by atoms with Gasteiger partial charge in [0.15, 0.2) is 0 Å². The molecule has 1 amide bonds. The summed E-state index contributed by atoms with van der Waals surface area (Å²) in [4.78, 5) is 21.0. The monoisotopic (exact) mass is 519 g/mol. The number of aromatic nitrogens is 3. The number of hydrogen-bond acceptors (Lipinski definition) is 5. The number of aryl methyl sites for hydroxylation is 2. The first-order valence-corrected chi connectivity index (χ1v) is 13.5. The molecule has 194 valence electrons. The van der Waals surface area contributed by atoms with E-state index in [0.717, 1.165) is 79.6 Å².